The Morgan fingerprint density at radius 2 is 1.46 bits per heavy atom. The summed E-state index contributed by atoms with van der Waals surface area (Å²) >= 11 is 5.91. The third-order valence-corrected chi connectivity index (χ3v) is 11.0. The first kappa shape index (κ1) is 36.9. The molecule has 0 aliphatic heterocycles. The van der Waals surface area contributed by atoms with E-state index in [1.54, 1.807) is 19.1 Å². The van der Waals surface area contributed by atoms with E-state index in [1.165, 1.54) is 17.0 Å². The fraction of sp³-hybridized carbons (Fsp3) is 0.316. The number of aryl methyl sites for hydroxylation is 2. The number of carbonyl (C=O) groups excluding carboxylic acids is 2. The Morgan fingerprint density at radius 1 is 0.860 bits per heavy atom. The molecule has 0 saturated heterocycles. The highest BCUT2D eigenvalue weighted by Gasteiger charge is 2.38. The van der Waals surface area contributed by atoms with Gasteiger partial charge in [0.2, 0.25) is 11.8 Å². The van der Waals surface area contributed by atoms with E-state index in [9.17, 15) is 31.2 Å². The molecule has 0 heterocycles. The molecule has 1 atom stereocenters. The van der Waals surface area contributed by atoms with E-state index in [0.29, 0.717) is 15.9 Å². The molecule has 1 fully saturated rings. The second-order valence-electron chi connectivity index (χ2n) is 12.7. The van der Waals surface area contributed by atoms with Crippen LogP contribution in [0, 0.1) is 13.8 Å². The fourth-order valence-electron chi connectivity index (χ4n) is 6.06. The van der Waals surface area contributed by atoms with Gasteiger partial charge in [0.05, 0.1) is 21.2 Å². The summed E-state index contributed by atoms with van der Waals surface area (Å²) < 4.78 is 71.2. The topological polar surface area (TPSA) is 86.8 Å². The number of hydrogen-bond donors (Lipinski definition) is 1. The molecule has 4 aromatic carbocycles. The fourth-order valence-corrected chi connectivity index (χ4v) is 7.69. The molecular weight excluding hydrogens is 687 g/mol. The van der Waals surface area contributed by atoms with Gasteiger partial charge >= 0.3 is 6.18 Å². The summed E-state index contributed by atoms with van der Waals surface area (Å²) in [5, 5.41) is 2.48. The van der Waals surface area contributed by atoms with Gasteiger partial charge in [-0.05, 0) is 68.1 Å². The minimum Gasteiger partial charge on any atom is -0.352 e. The number of benzene rings is 4. The van der Waals surface area contributed by atoms with E-state index >= 15 is 0 Å². The molecule has 4 aromatic rings. The van der Waals surface area contributed by atoms with Crippen LogP contribution in [0.15, 0.2) is 102 Å². The van der Waals surface area contributed by atoms with Crippen molar-refractivity contribution in [3.05, 3.63) is 130 Å². The van der Waals surface area contributed by atoms with Crippen LogP contribution in [0.1, 0.15) is 53.5 Å². The first-order valence-corrected chi connectivity index (χ1v) is 18.2. The summed E-state index contributed by atoms with van der Waals surface area (Å²) in [6, 6.07) is 23.9. The van der Waals surface area contributed by atoms with Gasteiger partial charge in [0.1, 0.15) is 12.6 Å². The van der Waals surface area contributed by atoms with E-state index in [2.05, 4.69) is 5.32 Å². The zero-order valence-electron chi connectivity index (χ0n) is 27.8. The van der Waals surface area contributed by atoms with Crippen molar-refractivity contribution < 1.29 is 31.2 Å². The smallest absolute Gasteiger partial charge is 0.352 e. The lowest BCUT2D eigenvalue weighted by molar-refractivity contribution is -0.140. The summed E-state index contributed by atoms with van der Waals surface area (Å²) in [7, 11) is -4.60. The van der Waals surface area contributed by atoms with Crippen molar-refractivity contribution in [2.24, 2.45) is 0 Å². The van der Waals surface area contributed by atoms with Crippen LogP contribution in [0.25, 0.3) is 0 Å². The highest BCUT2D eigenvalue weighted by molar-refractivity contribution is 7.92. The van der Waals surface area contributed by atoms with Gasteiger partial charge in [-0.25, -0.2) is 8.42 Å². The maximum Gasteiger partial charge on any atom is 0.417 e. The van der Waals surface area contributed by atoms with Gasteiger partial charge in [0, 0.05) is 19.0 Å². The maximum atomic E-state index is 14.6. The Hall–Kier alpha value is -4.35. The highest BCUT2D eigenvalue weighted by atomic mass is 35.5. The first-order valence-electron chi connectivity index (χ1n) is 16.4. The Morgan fingerprint density at radius 3 is 2.06 bits per heavy atom. The van der Waals surface area contributed by atoms with Crippen LogP contribution in [0.3, 0.4) is 0 Å². The van der Waals surface area contributed by atoms with Crippen molar-refractivity contribution >= 4 is 39.1 Å². The molecule has 0 bridgehead atoms. The van der Waals surface area contributed by atoms with E-state index in [0.717, 1.165) is 54.5 Å². The second-order valence-corrected chi connectivity index (χ2v) is 15.0. The Kier molecular flexibility index (Phi) is 11.6. The van der Waals surface area contributed by atoms with Crippen molar-refractivity contribution in [3.63, 3.8) is 0 Å². The first-order chi connectivity index (χ1) is 23.7. The second kappa shape index (κ2) is 15.7. The van der Waals surface area contributed by atoms with Crippen LogP contribution < -0.4 is 9.62 Å². The number of hydrogen-bond acceptors (Lipinski definition) is 4. The lowest BCUT2D eigenvalue weighted by Crippen LogP contribution is -2.54. The number of alkyl halides is 3. The number of rotatable bonds is 12. The molecule has 0 aromatic heterocycles. The SMILES string of the molecule is Cc1ccc(CN(C(=O)CN(c2ccc(Cl)c(C(F)(F)F)c2)S(=O)(=O)c2ccc(C)cc2)[C@@H](Cc2ccccc2)C(=O)NC2CCCC2)cc1. The zero-order chi connectivity index (χ0) is 36.1. The lowest BCUT2D eigenvalue weighted by Gasteiger charge is -2.34. The van der Waals surface area contributed by atoms with Gasteiger partial charge in [0.15, 0.2) is 0 Å². The van der Waals surface area contributed by atoms with E-state index in [1.807, 2.05) is 61.5 Å². The molecule has 1 aliphatic carbocycles. The number of sulfonamides is 1. The quantitative estimate of drug-likeness (QED) is 0.161. The van der Waals surface area contributed by atoms with Crippen molar-refractivity contribution in [1.82, 2.24) is 10.2 Å². The summed E-state index contributed by atoms with van der Waals surface area (Å²) in [6.45, 7) is 2.73. The molecule has 0 radical (unpaired) electrons. The average Bonchev–Trinajstić information content (AvgIpc) is 3.59. The Bertz CT molecular complexity index is 1900. The molecular formula is C38H39ClF3N3O4S. The van der Waals surface area contributed by atoms with Gasteiger partial charge in [0.25, 0.3) is 10.0 Å². The zero-order valence-corrected chi connectivity index (χ0v) is 29.4. The van der Waals surface area contributed by atoms with Gasteiger partial charge in [-0.3, -0.25) is 13.9 Å². The van der Waals surface area contributed by atoms with Crippen LogP contribution in [-0.4, -0.2) is 43.8 Å². The number of nitrogens with zero attached hydrogens (tertiary/aromatic N) is 2. The van der Waals surface area contributed by atoms with Gasteiger partial charge in [-0.15, -0.1) is 0 Å². The van der Waals surface area contributed by atoms with Crippen LogP contribution in [0.4, 0.5) is 18.9 Å². The summed E-state index contributed by atoms with van der Waals surface area (Å²) in [5.74, 6) is -1.16. The van der Waals surface area contributed by atoms with E-state index in [-0.39, 0.29) is 29.8 Å². The van der Waals surface area contributed by atoms with Crippen LogP contribution in [0.2, 0.25) is 5.02 Å². The minimum absolute atomic E-state index is 0.0540. The lowest BCUT2D eigenvalue weighted by atomic mass is 10.0. The molecule has 2 amide bonds. The van der Waals surface area contributed by atoms with E-state index < -0.39 is 51.0 Å². The standard InChI is InChI=1S/C38H39ClF3N3O4S/c1-26-12-16-29(17-13-26)24-44(35(22-28-8-4-3-5-9-28)37(47)43-30-10-6-7-11-30)36(46)25-45(50(48,49)32-19-14-27(2)15-20-32)31-18-21-34(39)33(23-31)38(40,41)42/h3-5,8-9,12-21,23,30,35H,6-7,10-11,22,24-25H2,1-2H3,(H,43,47)/t35-/m0/s1. The normalized spacial score (nSPS) is 14.3. The monoisotopic (exact) mass is 725 g/mol. The molecule has 50 heavy (non-hydrogen) atoms. The van der Waals surface area contributed by atoms with Crippen LogP contribution in [0.5, 0.6) is 0 Å². The molecule has 1 N–H and O–H groups in total. The molecule has 1 saturated carbocycles. The summed E-state index contributed by atoms with van der Waals surface area (Å²) in [5.41, 5.74) is 1.55. The van der Waals surface area contributed by atoms with Crippen LogP contribution >= 0.6 is 11.6 Å². The van der Waals surface area contributed by atoms with Crippen molar-refractivity contribution in [3.8, 4) is 0 Å². The van der Waals surface area contributed by atoms with Gasteiger partial charge < -0.3 is 10.2 Å². The molecule has 5 rings (SSSR count). The van der Waals surface area contributed by atoms with Crippen molar-refractivity contribution in [2.45, 2.75) is 75.7 Å². The maximum absolute atomic E-state index is 14.6. The molecule has 264 valence electrons. The summed E-state index contributed by atoms with van der Waals surface area (Å²) in [6.07, 6.45) is -1.24. The number of carbonyl (C=O) groups is 2. The third kappa shape index (κ3) is 9.05. The molecule has 12 heteroatoms. The van der Waals surface area contributed by atoms with Crippen LogP contribution in [-0.2, 0) is 38.8 Å². The van der Waals surface area contributed by atoms with Crippen molar-refractivity contribution in [1.29, 1.82) is 0 Å². The Labute approximate surface area is 296 Å². The predicted molar refractivity (Wildman–Crippen MR) is 188 cm³/mol. The highest BCUT2D eigenvalue weighted by Crippen LogP contribution is 2.38. The van der Waals surface area contributed by atoms with Crippen molar-refractivity contribution in [2.75, 3.05) is 10.8 Å². The third-order valence-electron chi connectivity index (χ3n) is 8.88. The molecule has 0 unspecified atom stereocenters. The number of halogens is 4. The van der Waals surface area contributed by atoms with Gasteiger partial charge in [-0.2, -0.15) is 13.2 Å². The number of anilines is 1. The molecule has 1 aliphatic rings. The average molecular weight is 726 g/mol. The van der Waals surface area contributed by atoms with E-state index in [4.69, 9.17) is 11.6 Å². The number of amides is 2. The summed E-state index contributed by atoms with van der Waals surface area (Å²) in [4.78, 5) is 29.9. The molecule has 0 spiro atoms. The minimum atomic E-state index is -4.90. The predicted octanol–water partition coefficient (Wildman–Crippen LogP) is 7.87. The number of nitrogens with one attached hydrogen (secondary N) is 1. The Balaban J connectivity index is 1.61. The van der Waals surface area contributed by atoms with Gasteiger partial charge in [-0.1, -0.05) is 102 Å². The largest absolute Gasteiger partial charge is 0.417 e. The molecule has 7 nitrogen and oxygen atoms in total.